The zero-order valence-electron chi connectivity index (χ0n) is 27.1. The third-order valence-corrected chi connectivity index (χ3v) is 6.16. The van der Waals surface area contributed by atoms with Gasteiger partial charge in [0.05, 0.1) is 12.7 Å². The van der Waals surface area contributed by atoms with Crippen LogP contribution in [0.1, 0.15) is 85.1 Å². The number of hydrogen-bond donors (Lipinski definition) is 3. The van der Waals surface area contributed by atoms with Crippen LogP contribution in [-0.4, -0.2) is 83.5 Å². The molecule has 13 heteroatoms. The number of ether oxygens (including phenoxy) is 4. The molecule has 45 heavy (non-hydrogen) atoms. The van der Waals surface area contributed by atoms with Crippen molar-refractivity contribution < 1.29 is 53.1 Å². The zero-order valence-corrected chi connectivity index (χ0v) is 27.1. The molecule has 1 saturated heterocycles. The first kappa shape index (κ1) is 41.0. The highest BCUT2D eigenvalue weighted by molar-refractivity contribution is 5.99. The van der Waals surface area contributed by atoms with Gasteiger partial charge in [0.15, 0.2) is 6.10 Å². The van der Waals surface area contributed by atoms with Crippen LogP contribution in [0.25, 0.3) is 0 Å². The van der Waals surface area contributed by atoms with E-state index in [1.165, 1.54) is 6.92 Å². The predicted molar refractivity (Wildman–Crippen MR) is 166 cm³/mol. The van der Waals surface area contributed by atoms with Crippen LogP contribution in [0.15, 0.2) is 30.9 Å². The maximum atomic E-state index is 12.1. The van der Waals surface area contributed by atoms with Gasteiger partial charge in [0.1, 0.15) is 18.1 Å². The molecule has 254 valence electrons. The smallest absolute Gasteiger partial charge is 0.333 e. The average Bonchev–Trinajstić information content (AvgIpc) is 3.03. The van der Waals surface area contributed by atoms with Gasteiger partial charge in [0, 0.05) is 50.9 Å². The van der Waals surface area contributed by atoms with Crippen LogP contribution >= 0.6 is 0 Å². The molecule has 3 unspecified atom stereocenters. The molecular weight excluding hydrogens is 588 g/mol. The molecular formula is C32H50N2O11. The third kappa shape index (κ3) is 16.6. The Labute approximate surface area is 265 Å². The van der Waals surface area contributed by atoms with E-state index < -0.39 is 30.4 Å². The second-order valence-corrected chi connectivity index (χ2v) is 9.39. The fourth-order valence-corrected chi connectivity index (χ4v) is 4.07. The molecule has 13 nitrogen and oxygen atoms in total. The summed E-state index contributed by atoms with van der Waals surface area (Å²) in [6, 6.07) is 4.77. The Morgan fingerprint density at radius 1 is 1.09 bits per heavy atom. The summed E-state index contributed by atoms with van der Waals surface area (Å²) in [6.07, 6.45) is 0.806. The zero-order chi connectivity index (χ0) is 34.2. The second kappa shape index (κ2) is 24.4. The van der Waals surface area contributed by atoms with E-state index in [9.17, 15) is 34.2 Å². The molecule has 1 aliphatic heterocycles. The summed E-state index contributed by atoms with van der Waals surface area (Å²) in [5, 5.41) is 22.0. The standard InChI is InChI=1S/C28H38N2O11.2C2H6/c1-3-26(35)30(19(2)32)12-6-4-5-8-25(34)29-11-7-13-39-23-16-22(10-9-20(23)17-38-18-31)40-27-15-21(33)14-24(41-27)28(36)37;2*1-2/h3,9-10,16,18,21,24,27,33H,1,4-8,11-15,17H2,2H3,(H,29,34)(H,36,37);2*1-2H3. The van der Waals surface area contributed by atoms with Crippen LogP contribution in [0.4, 0.5) is 0 Å². The number of carbonyl (C=O) groups excluding carboxylic acids is 4. The third-order valence-electron chi connectivity index (χ3n) is 6.16. The van der Waals surface area contributed by atoms with Crippen LogP contribution in [-0.2, 0) is 40.1 Å². The largest absolute Gasteiger partial charge is 0.493 e. The van der Waals surface area contributed by atoms with Crippen LogP contribution in [0, 0.1) is 0 Å². The highest BCUT2D eigenvalue weighted by atomic mass is 16.7. The lowest BCUT2D eigenvalue weighted by molar-refractivity contribution is -0.195. The van der Waals surface area contributed by atoms with Crippen molar-refractivity contribution in [1.29, 1.82) is 0 Å². The Morgan fingerprint density at radius 2 is 1.80 bits per heavy atom. The van der Waals surface area contributed by atoms with Crippen LogP contribution in [0.3, 0.4) is 0 Å². The SMILES string of the molecule is C=CC(=O)N(CCCCCC(=O)NCCCOc1cc(OC2CC(O)CC(C(=O)O)O2)ccc1COC=O)C(C)=O.CC.CC. The molecule has 0 bridgehead atoms. The van der Waals surface area contributed by atoms with Gasteiger partial charge in [-0.15, -0.1) is 0 Å². The first-order valence-corrected chi connectivity index (χ1v) is 15.4. The van der Waals surface area contributed by atoms with Crippen molar-refractivity contribution in [2.45, 2.75) is 105 Å². The summed E-state index contributed by atoms with van der Waals surface area (Å²) in [6.45, 7) is 13.9. The summed E-state index contributed by atoms with van der Waals surface area (Å²) >= 11 is 0. The average molecular weight is 639 g/mol. The molecule has 1 aromatic carbocycles. The fraction of sp³-hybridized carbons (Fsp3) is 0.594. The molecule has 0 radical (unpaired) electrons. The lowest BCUT2D eigenvalue weighted by atomic mass is 10.1. The van der Waals surface area contributed by atoms with Gasteiger partial charge in [-0.05, 0) is 37.5 Å². The van der Waals surface area contributed by atoms with Crippen molar-refractivity contribution in [3.05, 3.63) is 36.4 Å². The minimum absolute atomic E-state index is 0.0276. The molecule has 1 heterocycles. The number of carboxylic acid groups (broad SMARTS) is 1. The number of carboxylic acids is 1. The lowest BCUT2D eigenvalue weighted by Crippen LogP contribution is -2.42. The number of aliphatic carboxylic acids is 1. The van der Waals surface area contributed by atoms with Crippen molar-refractivity contribution in [2.75, 3.05) is 19.7 Å². The number of aliphatic hydroxyl groups excluding tert-OH is 1. The van der Waals surface area contributed by atoms with Crippen molar-refractivity contribution in [3.63, 3.8) is 0 Å². The number of unbranched alkanes of at least 4 members (excludes halogenated alkanes) is 2. The topological polar surface area (TPSA) is 178 Å². The Balaban J connectivity index is 0.00000464. The molecule has 0 saturated carbocycles. The van der Waals surface area contributed by atoms with E-state index >= 15 is 0 Å². The number of benzene rings is 1. The molecule has 0 aromatic heterocycles. The van der Waals surface area contributed by atoms with Gasteiger partial charge in [-0.3, -0.25) is 24.1 Å². The van der Waals surface area contributed by atoms with Gasteiger partial charge in [0.25, 0.3) is 12.4 Å². The van der Waals surface area contributed by atoms with Gasteiger partial charge < -0.3 is 34.5 Å². The van der Waals surface area contributed by atoms with E-state index in [2.05, 4.69) is 11.9 Å². The summed E-state index contributed by atoms with van der Waals surface area (Å²) in [5.74, 6) is -1.41. The number of hydrogen-bond acceptors (Lipinski definition) is 10. The number of aliphatic hydroxyl groups is 1. The minimum Gasteiger partial charge on any atom is -0.493 e. The number of amides is 3. The molecule has 1 aromatic rings. The predicted octanol–water partition coefficient (Wildman–Crippen LogP) is 3.75. The summed E-state index contributed by atoms with van der Waals surface area (Å²) in [7, 11) is 0. The molecule has 0 aliphatic carbocycles. The van der Waals surface area contributed by atoms with Gasteiger partial charge >= 0.3 is 5.97 Å². The number of nitrogens with one attached hydrogen (secondary N) is 1. The van der Waals surface area contributed by atoms with Crippen molar-refractivity contribution in [3.8, 4) is 11.5 Å². The number of imide groups is 1. The Bertz CT molecular complexity index is 1060. The van der Waals surface area contributed by atoms with E-state index in [-0.39, 0.29) is 44.4 Å². The Morgan fingerprint density at radius 3 is 2.42 bits per heavy atom. The van der Waals surface area contributed by atoms with Gasteiger partial charge in [-0.2, -0.15) is 0 Å². The minimum atomic E-state index is -1.19. The molecule has 2 rings (SSSR count). The van der Waals surface area contributed by atoms with E-state index in [0.29, 0.717) is 62.2 Å². The quantitative estimate of drug-likeness (QED) is 0.121. The molecule has 1 fully saturated rings. The highest BCUT2D eigenvalue weighted by Gasteiger charge is 2.34. The number of carbonyl (C=O) groups is 5. The number of rotatable bonds is 18. The molecule has 3 atom stereocenters. The maximum absolute atomic E-state index is 12.1. The van der Waals surface area contributed by atoms with Crippen molar-refractivity contribution in [2.24, 2.45) is 0 Å². The van der Waals surface area contributed by atoms with Gasteiger partial charge in [-0.1, -0.05) is 40.7 Å². The maximum Gasteiger partial charge on any atom is 0.333 e. The Kier molecular flexibility index (Phi) is 22.2. The van der Waals surface area contributed by atoms with E-state index in [0.717, 1.165) is 11.0 Å². The van der Waals surface area contributed by atoms with Gasteiger partial charge in [0.2, 0.25) is 18.1 Å². The van der Waals surface area contributed by atoms with Gasteiger partial charge in [-0.25, -0.2) is 4.79 Å². The molecule has 1 aliphatic rings. The van der Waals surface area contributed by atoms with Crippen LogP contribution < -0.4 is 14.8 Å². The summed E-state index contributed by atoms with van der Waals surface area (Å²) in [4.78, 5) is 58.3. The molecule has 3 amide bonds. The molecule has 3 N–H and O–H groups in total. The first-order valence-electron chi connectivity index (χ1n) is 15.4. The normalized spacial score (nSPS) is 16.7. The van der Waals surface area contributed by atoms with Crippen molar-refractivity contribution in [1.82, 2.24) is 10.2 Å². The monoisotopic (exact) mass is 638 g/mol. The second-order valence-electron chi connectivity index (χ2n) is 9.39. The van der Waals surface area contributed by atoms with E-state index in [1.807, 2.05) is 27.7 Å². The fourth-order valence-electron chi connectivity index (χ4n) is 4.07. The lowest BCUT2D eigenvalue weighted by Gasteiger charge is -2.31. The van der Waals surface area contributed by atoms with Crippen LogP contribution in [0.2, 0.25) is 0 Å². The van der Waals surface area contributed by atoms with Crippen LogP contribution in [0.5, 0.6) is 11.5 Å². The van der Waals surface area contributed by atoms with E-state index in [1.54, 1.807) is 18.2 Å². The summed E-state index contributed by atoms with van der Waals surface area (Å²) in [5.41, 5.74) is 0.569. The summed E-state index contributed by atoms with van der Waals surface area (Å²) < 4.78 is 21.8. The number of nitrogens with zero attached hydrogens (tertiary/aromatic N) is 1. The molecule has 0 spiro atoms. The first-order chi connectivity index (χ1) is 21.6. The Hall–Kier alpha value is -3.97. The highest BCUT2D eigenvalue weighted by Crippen LogP contribution is 2.29. The van der Waals surface area contributed by atoms with Crippen molar-refractivity contribution >= 4 is 30.2 Å². The van der Waals surface area contributed by atoms with E-state index in [4.69, 9.17) is 18.9 Å².